The first-order valence-electron chi connectivity index (χ1n) is 11.5. The fourth-order valence-corrected chi connectivity index (χ4v) is 4.28. The number of ether oxygens (including phenoxy) is 1. The lowest BCUT2D eigenvalue weighted by Crippen LogP contribution is -2.29. The predicted octanol–water partition coefficient (Wildman–Crippen LogP) is 4.36. The molecule has 0 fully saturated rings. The Labute approximate surface area is 211 Å². The van der Waals surface area contributed by atoms with E-state index in [1.54, 1.807) is 36.5 Å². The van der Waals surface area contributed by atoms with Crippen molar-refractivity contribution in [2.75, 3.05) is 10.2 Å². The summed E-state index contributed by atoms with van der Waals surface area (Å²) in [7, 11) is 0. The molecule has 2 heterocycles. The number of fused-ring (bicyclic) bond motifs is 2. The zero-order chi connectivity index (χ0) is 26.3. The van der Waals surface area contributed by atoms with Gasteiger partial charge in [-0.25, -0.2) is 9.69 Å². The average Bonchev–Trinajstić information content (AvgIpc) is 3.42. The average molecular weight is 495 g/mol. The maximum absolute atomic E-state index is 13.1. The first-order valence-corrected chi connectivity index (χ1v) is 11.5. The Morgan fingerprint density at radius 3 is 2.35 bits per heavy atom. The van der Waals surface area contributed by atoms with Gasteiger partial charge in [-0.3, -0.25) is 19.2 Å². The van der Waals surface area contributed by atoms with Crippen LogP contribution in [-0.2, 0) is 9.53 Å². The molecule has 0 aliphatic carbocycles. The molecule has 3 aromatic carbocycles. The number of carbonyl (C=O) groups excluding carboxylic acids is 5. The third-order valence-corrected chi connectivity index (χ3v) is 6.08. The standard InChI is InChI=1S/C28H21N3O6/c1-15(25(33)23-14-29-24-6-4-3-5-20(23)24)37-28(36)17-7-12-21-22(13-17)27(35)31(26(21)34)19-10-8-18(9-11-19)30-16(2)32/h3-15,29H,1-2H3,(H,30,32)/t15-/m1/s1. The molecule has 5 rings (SSSR count). The number of H-pyrrole nitrogens is 1. The number of esters is 1. The largest absolute Gasteiger partial charge is 0.451 e. The van der Waals surface area contributed by atoms with Crippen LogP contribution in [0.1, 0.15) is 55.3 Å². The van der Waals surface area contributed by atoms with Crippen molar-refractivity contribution >= 4 is 51.8 Å². The van der Waals surface area contributed by atoms with Gasteiger partial charge in [0.05, 0.1) is 22.4 Å². The van der Waals surface area contributed by atoms with Crippen molar-refractivity contribution in [1.29, 1.82) is 0 Å². The van der Waals surface area contributed by atoms with Crippen LogP contribution >= 0.6 is 0 Å². The van der Waals surface area contributed by atoms with Gasteiger partial charge in [0, 0.05) is 35.3 Å². The van der Waals surface area contributed by atoms with Crippen LogP contribution in [0.15, 0.2) is 72.9 Å². The first kappa shape index (κ1) is 23.7. The van der Waals surface area contributed by atoms with Gasteiger partial charge in [-0.2, -0.15) is 0 Å². The van der Waals surface area contributed by atoms with Gasteiger partial charge < -0.3 is 15.0 Å². The van der Waals surface area contributed by atoms with Crippen molar-refractivity contribution < 1.29 is 28.7 Å². The third kappa shape index (κ3) is 4.27. The first-order chi connectivity index (χ1) is 17.7. The molecule has 184 valence electrons. The molecule has 1 aliphatic rings. The van der Waals surface area contributed by atoms with Crippen LogP contribution in [0, 0.1) is 0 Å². The van der Waals surface area contributed by atoms with E-state index in [4.69, 9.17) is 4.74 Å². The quantitative estimate of drug-likeness (QED) is 0.233. The van der Waals surface area contributed by atoms with E-state index in [2.05, 4.69) is 10.3 Å². The Bertz CT molecular complexity index is 1600. The van der Waals surface area contributed by atoms with Gasteiger partial charge in [-0.1, -0.05) is 18.2 Å². The van der Waals surface area contributed by atoms with Crippen LogP contribution in [0.3, 0.4) is 0 Å². The molecule has 0 unspecified atom stereocenters. The number of Topliss-reactive ketones (excluding diaryl/α,β-unsaturated/α-hetero) is 1. The zero-order valence-electron chi connectivity index (χ0n) is 19.9. The third-order valence-electron chi connectivity index (χ3n) is 6.08. The Kier molecular flexibility index (Phi) is 5.88. The summed E-state index contributed by atoms with van der Waals surface area (Å²) in [5.41, 5.74) is 2.29. The number of benzene rings is 3. The molecule has 9 nitrogen and oxygen atoms in total. The van der Waals surface area contributed by atoms with E-state index in [9.17, 15) is 24.0 Å². The lowest BCUT2D eigenvalue weighted by molar-refractivity contribution is -0.114. The number of aromatic amines is 1. The highest BCUT2D eigenvalue weighted by Crippen LogP contribution is 2.30. The predicted molar refractivity (Wildman–Crippen MR) is 136 cm³/mol. The lowest BCUT2D eigenvalue weighted by Gasteiger charge is -2.14. The van der Waals surface area contributed by atoms with E-state index < -0.39 is 23.9 Å². The number of rotatable bonds is 6. The smallest absolute Gasteiger partial charge is 0.338 e. The highest BCUT2D eigenvalue weighted by atomic mass is 16.5. The summed E-state index contributed by atoms with van der Waals surface area (Å²) < 4.78 is 5.40. The summed E-state index contributed by atoms with van der Waals surface area (Å²) in [5.74, 6) is -2.53. The van der Waals surface area contributed by atoms with Crippen molar-refractivity contribution in [2.24, 2.45) is 0 Å². The summed E-state index contributed by atoms with van der Waals surface area (Å²) in [6.45, 7) is 2.86. The van der Waals surface area contributed by atoms with Crippen molar-refractivity contribution in [3.63, 3.8) is 0 Å². The minimum absolute atomic E-state index is 0.0429. The number of aromatic nitrogens is 1. The van der Waals surface area contributed by atoms with E-state index in [1.165, 1.54) is 32.0 Å². The van der Waals surface area contributed by atoms with Gasteiger partial charge in [-0.05, 0) is 55.5 Å². The number of nitrogens with zero attached hydrogens (tertiary/aromatic N) is 1. The Hall–Kier alpha value is -5.05. The minimum atomic E-state index is -1.07. The maximum Gasteiger partial charge on any atom is 0.338 e. The summed E-state index contributed by atoms with van der Waals surface area (Å²) in [6.07, 6.45) is 0.504. The summed E-state index contributed by atoms with van der Waals surface area (Å²) in [5, 5.41) is 3.34. The number of carbonyl (C=O) groups is 5. The number of hydrogen-bond acceptors (Lipinski definition) is 6. The minimum Gasteiger partial charge on any atom is -0.451 e. The van der Waals surface area contributed by atoms with Gasteiger partial charge >= 0.3 is 5.97 Å². The van der Waals surface area contributed by atoms with E-state index in [0.29, 0.717) is 16.9 Å². The number of nitrogens with one attached hydrogen (secondary N) is 2. The molecule has 1 aromatic heterocycles. The van der Waals surface area contributed by atoms with E-state index in [-0.39, 0.29) is 28.4 Å². The second-order valence-corrected chi connectivity index (χ2v) is 8.59. The molecule has 1 atom stereocenters. The van der Waals surface area contributed by atoms with Gasteiger partial charge in [0.25, 0.3) is 11.8 Å². The molecular weight excluding hydrogens is 474 g/mol. The lowest BCUT2D eigenvalue weighted by atomic mass is 10.0. The van der Waals surface area contributed by atoms with Crippen molar-refractivity contribution in [3.05, 3.63) is 95.2 Å². The van der Waals surface area contributed by atoms with Crippen LogP contribution in [0.2, 0.25) is 0 Å². The van der Waals surface area contributed by atoms with Crippen LogP contribution in [-0.4, -0.2) is 40.6 Å². The normalized spacial score (nSPS) is 13.4. The van der Waals surface area contributed by atoms with Gasteiger partial charge in [0.1, 0.15) is 0 Å². The molecule has 3 amide bonds. The summed E-state index contributed by atoms with van der Waals surface area (Å²) in [6, 6.07) is 17.6. The fourth-order valence-electron chi connectivity index (χ4n) is 4.28. The Morgan fingerprint density at radius 1 is 0.919 bits per heavy atom. The molecule has 4 aromatic rings. The van der Waals surface area contributed by atoms with Crippen molar-refractivity contribution in [2.45, 2.75) is 20.0 Å². The molecule has 0 saturated heterocycles. The second-order valence-electron chi connectivity index (χ2n) is 8.59. The molecule has 0 bridgehead atoms. The number of imide groups is 1. The van der Waals surface area contributed by atoms with Crippen LogP contribution in [0.5, 0.6) is 0 Å². The van der Waals surface area contributed by atoms with Crippen LogP contribution in [0.4, 0.5) is 11.4 Å². The number of hydrogen-bond donors (Lipinski definition) is 2. The molecule has 0 spiro atoms. The molecule has 2 N–H and O–H groups in total. The van der Waals surface area contributed by atoms with E-state index in [1.807, 2.05) is 18.2 Å². The highest BCUT2D eigenvalue weighted by molar-refractivity contribution is 6.34. The molecule has 0 saturated carbocycles. The van der Waals surface area contributed by atoms with Gasteiger partial charge in [-0.15, -0.1) is 0 Å². The van der Waals surface area contributed by atoms with Crippen molar-refractivity contribution in [1.82, 2.24) is 4.98 Å². The SMILES string of the molecule is CC(=O)Nc1ccc(N2C(=O)c3ccc(C(=O)O[C@H](C)C(=O)c4c[nH]c5ccccc45)cc3C2=O)cc1. The summed E-state index contributed by atoms with van der Waals surface area (Å²) >= 11 is 0. The fraction of sp³-hybridized carbons (Fsp3) is 0.107. The Balaban J connectivity index is 1.33. The zero-order valence-corrected chi connectivity index (χ0v) is 19.9. The van der Waals surface area contributed by atoms with Crippen LogP contribution < -0.4 is 10.2 Å². The number of para-hydroxylation sites is 1. The number of ketones is 1. The summed E-state index contributed by atoms with van der Waals surface area (Å²) in [4.78, 5) is 67.0. The monoisotopic (exact) mass is 495 g/mol. The molecule has 0 radical (unpaired) electrons. The van der Waals surface area contributed by atoms with Crippen molar-refractivity contribution in [3.8, 4) is 0 Å². The number of anilines is 2. The Morgan fingerprint density at radius 2 is 1.62 bits per heavy atom. The topological polar surface area (TPSA) is 126 Å². The number of amides is 3. The van der Waals surface area contributed by atoms with E-state index >= 15 is 0 Å². The van der Waals surface area contributed by atoms with Gasteiger partial charge in [0.15, 0.2) is 6.10 Å². The van der Waals surface area contributed by atoms with E-state index in [0.717, 1.165) is 15.8 Å². The highest BCUT2D eigenvalue weighted by Gasteiger charge is 2.37. The molecule has 9 heteroatoms. The second kappa shape index (κ2) is 9.19. The van der Waals surface area contributed by atoms with Crippen LogP contribution in [0.25, 0.3) is 10.9 Å². The van der Waals surface area contributed by atoms with Gasteiger partial charge in [0.2, 0.25) is 11.7 Å². The maximum atomic E-state index is 13.1. The molecular formula is C28H21N3O6. The molecule has 1 aliphatic heterocycles. The molecule has 37 heavy (non-hydrogen) atoms.